The van der Waals surface area contributed by atoms with Crippen LogP contribution >= 0.6 is 15.9 Å². The highest BCUT2D eigenvalue weighted by atomic mass is 79.9. The summed E-state index contributed by atoms with van der Waals surface area (Å²) in [5, 5.41) is 8.87. The third-order valence-electron chi connectivity index (χ3n) is 2.65. The quantitative estimate of drug-likeness (QED) is 0.714. The molecule has 0 saturated carbocycles. The number of nitriles is 1. The van der Waals surface area contributed by atoms with E-state index in [1.807, 2.05) is 13.8 Å². The normalized spacial score (nSPS) is 11.1. The molecule has 0 aliphatic carbocycles. The van der Waals surface area contributed by atoms with Crippen LogP contribution in [0.3, 0.4) is 0 Å². The number of hydrogen-bond acceptors (Lipinski definition) is 2. The molecule has 0 amide bonds. The van der Waals surface area contributed by atoms with Crippen LogP contribution in [0.25, 0.3) is 0 Å². The fourth-order valence-corrected chi connectivity index (χ4v) is 1.96. The molecule has 0 atom stereocenters. The molecule has 0 saturated heterocycles. The number of benzene rings is 1. The monoisotopic (exact) mass is 313 g/mol. The first-order valence-electron chi connectivity index (χ1n) is 5.94. The molecule has 0 spiro atoms. The Labute approximate surface area is 116 Å². The molecule has 0 aromatic heterocycles. The van der Waals surface area contributed by atoms with Gasteiger partial charge in [0.25, 0.3) is 0 Å². The van der Waals surface area contributed by atoms with Crippen molar-refractivity contribution in [3.63, 3.8) is 0 Å². The van der Waals surface area contributed by atoms with E-state index in [0.717, 1.165) is 19.3 Å². The molecule has 0 unspecified atom stereocenters. The molecule has 2 nitrogen and oxygen atoms in total. The highest BCUT2D eigenvalue weighted by Crippen LogP contribution is 2.26. The maximum Gasteiger partial charge on any atom is 0.133 e. The van der Waals surface area contributed by atoms with Crippen LogP contribution in [0.1, 0.15) is 33.1 Å². The van der Waals surface area contributed by atoms with E-state index in [4.69, 9.17) is 10.00 Å². The second-order valence-corrected chi connectivity index (χ2v) is 5.73. The van der Waals surface area contributed by atoms with E-state index in [1.54, 1.807) is 6.07 Å². The highest BCUT2D eigenvalue weighted by Gasteiger charge is 2.15. The molecule has 18 heavy (non-hydrogen) atoms. The van der Waals surface area contributed by atoms with E-state index < -0.39 is 0 Å². The molecular weight excluding hydrogens is 297 g/mol. The molecule has 1 rings (SSSR count). The van der Waals surface area contributed by atoms with Gasteiger partial charge in [0.2, 0.25) is 0 Å². The van der Waals surface area contributed by atoms with Crippen LogP contribution in [0.4, 0.5) is 4.39 Å². The van der Waals surface area contributed by atoms with Crippen molar-refractivity contribution in [2.75, 3.05) is 6.61 Å². The van der Waals surface area contributed by atoms with Gasteiger partial charge in [0.1, 0.15) is 11.6 Å². The zero-order valence-corrected chi connectivity index (χ0v) is 12.3. The van der Waals surface area contributed by atoms with Crippen LogP contribution in [-0.4, -0.2) is 6.61 Å². The van der Waals surface area contributed by atoms with Gasteiger partial charge in [-0.25, -0.2) is 4.39 Å². The minimum absolute atomic E-state index is 0.267. The second kappa shape index (κ2) is 6.75. The van der Waals surface area contributed by atoms with E-state index in [-0.39, 0.29) is 11.2 Å². The van der Waals surface area contributed by atoms with Gasteiger partial charge in [-0.1, -0.05) is 0 Å². The predicted octanol–water partition coefficient (Wildman–Crippen LogP) is 4.69. The lowest BCUT2D eigenvalue weighted by Gasteiger charge is -2.14. The molecule has 0 heterocycles. The van der Waals surface area contributed by atoms with Gasteiger partial charge in [-0.05, 0) is 67.2 Å². The van der Waals surface area contributed by atoms with Crippen molar-refractivity contribution in [2.24, 2.45) is 5.41 Å². The Hall–Kier alpha value is -1.08. The van der Waals surface area contributed by atoms with Gasteiger partial charge in [-0.3, -0.25) is 0 Å². The van der Waals surface area contributed by atoms with Crippen LogP contribution < -0.4 is 4.74 Å². The number of rotatable bonds is 6. The average Bonchev–Trinajstić information content (AvgIpc) is 2.31. The molecule has 0 bridgehead atoms. The van der Waals surface area contributed by atoms with Crippen molar-refractivity contribution in [3.8, 4) is 11.8 Å². The molecule has 1 aromatic rings. The van der Waals surface area contributed by atoms with Crippen LogP contribution in [-0.2, 0) is 0 Å². The minimum Gasteiger partial charge on any atom is -0.492 e. The summed E-state index contributed by atoms with van der Waals surface area (Å²) < 4.78 is 19.0. The highest BCUT2D eigenvalue weighted by molar-refractivity contribution is 9.10. The van der Waals surface area contributed by atoms with Gasteiger partial charge in [0.05, 0.1) is 22.6 Å². The Morgan fingerprint density at radius 1 is 1.39 bits per heavy atom. The molecular formula is C14H17BrFNO. The Bertz CT molecular complexity index is 440. The summed E-state index contributed by atoms with van der Waals surface area (Å²) in [7, 11) is 0. The number of ether oxygens (including phenoxy) is 1. The summed E-state index contributed by atoms with van der Waals surface area (Å²) in [6.07, 6.45) is 2.69. The van der Waals surface area contributed by atoms with Crippen molar-refractivity contribution in [1.29, 1.82) is 5.26 Å². The molecule has 0 radical (unpaired) electrons. The zero-order valence-electron chi connectivity index (χ0n) is 10.7. The van der Waals surface area contributed by atoms with Crippen molar-refractivity contribution < 1.29 is 9.13 Å². The lowest BCUT2D eigenvalue weighted by Crippen LogP contribution is -2.08. The van der Waals surface area contributed by atoms with E-state index in [1.165, 1.54) is 12.1 Å². The fourth-order valence-electron chi connectivity index (χ4n) is 1.50. The molecule has 98 valence electrons. The first kappa shape index (κ1) is 15.0. The molecule has 0 aliphatic heterocycles. The van der Waals surface area contributed by atoms with Gasteiger partial charge in [-0.2, -0.15) is 5.26 Å². The van der Waals surface area contributed by atoms with Crippen molar-refractivity contribution in [1.82, 2.24) is 0 Å². The summed E-state index contributed by atoms with van der Waals surface area (Å²) in [5.74, 6) is 0.362. The third kappa shape index (κ3) is 5.05. The number of hydrogen-bond donors (Lipinski definition) is 0. The predicted molar refractivity (Wildman–Crippen MR) is 72.8 cm³/mol. The van der Waals surface area contributed by atoms with Crippen LogP contribution in [0, 0.1) is 22.6 Å². The van der Waals surface area contributed by atoms with E-state index in [9.17, 15) is 4.39 Å². The van der Waals surface area contributed by atoms with Crippen LogP contribution in [0.5, 0.6) is 5.75 Å². The number of halogens is 2. The maximum atomic E-state index is 12.8. The van der Waals surface area contributed by atoms with Crippen LogP contribution in [0.15, 0.2) is 22.7 Å². The van der Waals surface area contributed by atoms with Crippen molar-refractivity contribution in [3.05, 3.63) is 28.5 Å². The SMILES string of the molecule is CC(C)(C#N)CCCCOc1ccc(F)cc1Br. The Balaban J connectivity index is 2.29. The standard InChI is InChI=1S/C14H17BrFNO/c1-14(2,10-17)7-3-4-8-18-13-6-5-11(16)9-12(13)15/h5-6,9H,3-4,7-8H2,1-2H3. The summed E-state index contributed by atoms with van der Waals surface area (Å²) in [6.45, 7) is 4.45. The summed E-state index contributed by atoms with van der Waals surface area (Å²) in [4.78, 5) is 0. The van der Waals surface area contributed by atoms with Crippen molar-refractivity contribution in [2.45, 2.75) is 33.1 Å². The number of nitrogens with zero attached hydrogens (tertiary/aromatic N) is 1. The van der Waals surface area contributed by atoms with Crippen LogP contribution in [0.2, 0.25) is 0 Å². The summed E-state index contributed by atoms with van der Waals surface area (Å²) in [5.41, 5.74) is -0.267. The van der Waals surface area contributed by atoms with Gasteiger partial charge >= 0.3 is 0 Å². The Kier molecular flexibility index (Phi) is 5.61. The lowest BCUT2D eigenvalue weighted by atomic mass is 9.89. The number of unbranched alkanes of at least 4 members (excludes halogenated alkanes) is 1. The maximum absolute atomic E-state index is 12.8. The Morgan fingerprint density at radius 2 is 2.11 bits per heavy atom. The zero-order chi connectivity index (χ0) is 13.6. The van der Waals surface area contributed by atoms with Gasteiger partial charge < -0.3 is 4.74 Å². The molecule has 0 fully saturated rings. The van der Waals surface area contributed by atoms with E-state index in [2.05, 4.69) is 22.0 Å². The average molecular weight is 314 g/mol. The van der Waals surface area contributed by atoms with Crippen molar-refractivity contribution >= 4 is 15.9 Å². The Morgan fingerprint density at radius 3 is 2.72 bits per heavy atom. The van der Waals surface area contributed by atoms with E-state index in [0.29, 0.717) is 16.8 Å². The smallest absolute Gasteiger partial charge is 0.133 e. The second-order valence-electron chi connectivity index (χ2n) is 4.88. The lowest BCUT2D eigenvalue weighted by molar-refractivity contribution is 0.293. The summed E-state index contributed by atoms with van der Waals surface area (Å²) in [6, 6.07) is 6.64. The summed E-state index contributed by atoms with van der Waals surface area (Å²) >= 11 is 3.25. The fraction of sp³-hybridized carbons (Fsp3) is 0.500. The molecule has 0 aliphatic rings. The topological polar surface area (TPSA) is 33.0 Å². The molecule has 4 heteroatoms. The molecule has 0 N–H and O–H groups in total. The molecule has 1 aromatic carbocycles. The minimum atomic E-state index is -0.287. The first-order chi connectivity index (χ1) is 8.44. The van der Waals surface area contributed by atoms with Gasteiger partial charge in [0, 0.05) is 0 Å². The first-order valence-corrected chi connectivity index (χ1v) is 6.73. The van der Waals surface area contributed by atoms with Gasteiger partial charge in [-0.15, -0.1) is 0 Å². The van der Waals surface area contributed by atoms with E-state index >= 15 is 0 Å². The largest absolute Gasteiger partial charge is 0.492 e. The third-order valence-corrected chi connectivity index (χ3v) is 3.27. The van der Waals surface area contributed by atoms with Gasteiger partial charge in [0.15, 0.2) is 0 Å².